The van der Waals surface area contributed by atoms with E-state index >= 15 is 0 Å². The summed E-state index contributed by atoms with van der Waals surface area (Å²) >= 11 is 5.14. The van der Waals surface area contributed by atoms with Crippen LogP contribution in [0.2, 0.25) is 0 Å². The summed E-state index contributed by atoms with van der Waals surface area (Å²) in [4.78, 5) is 10.1. The number of nitro groups is 1. The first-order valence-corrected chi connectivity index (χ1v) is 6.32. The predicted molar refractivity (Wildman–Crippen MR) is 84.1 cm³/mol. The first-order chi connectivity index (χ1) is 10.1. The van der Waals surface area contributed by atoms with E-state index in [2.05, 4.69) is 10.6 Å². The second-order valence-electron chi connectivity index (χ2n) is 4.07. The van der Waals surface area contributed by atoms with Crippen LogP contribution in [-0.2, 0) is 0 Å². The molecular formula is C14H10N4O2S. The molecule has 2 aromatic rings. The number of rotatable bonds is 3. The average Bonchev–Trinajstić information content (AvgIpc) is 2.48. The molecule has 0 unspecified atom stereocenters. The van der Waals surface area contributed by atoms with E-state index in [0.29, 0.717) is 16.4 Å². The summed E-state index contributed by atoms with van der Waals surface area (Å²) in [5.41, 5.74) is 1.97. The lowest BCUT2D eigenvalue weighted by atomic mass is 10.2. The van der Waals surface area contributed by atoms with Gasteiger partial charge >= 0.3 is 0 Å². The molecule has 2 N–H and O–H groups in total. The molecule has 0 aliphatic rings. The van der Waals surface area contributed by atoms with E-state index < -0.39 is 4.92 Å². The van der Waals surface area contributed by atoms with Gasteiger partial charge in [0.05, 0.1) is 16.6 Å². The highest BCUT2D eigenvalue weighted by Crippen LogP contribution is 2.16. The SMILES string of the molecule is N#Cc1ccc(NC(=S)Nc2ccc([N+](=O)[O-])cc2)cc1. The lowest BCUT2D eigenvalue weighted by Gasteiger charge is -2.10. The first-order valence-electron chi connectivity index (χ1n) is 5.91. The van der Waals surface area contributed by atoms with Gasteiger partial charge in [0.15, 0.2) is 5.11 Å². The van der Waals surface area contributed by atoms with Gasteiger partial charge in [0.2, 0.25) is 0 Å². The summed E-state index contributed by atoms with van der Waals surface area (Å²) in [7, 11) is 0. The number of nitro benzene ring substituents is 1. The summed E-state index contributed by atoms with van der Waals surface area (Å²) in [5.74, 6) is 0. The third-order valence-electron chi connectivity index (χ3n) is 2.61. The highest BCUT2D eigenvalue weighted by atomic mass is 32.1. The highest BCUT2D eigenvalue weighted by molar-refractivity contribution is 7.80. The Labute approximate surface area is 126 Å². The molecule has 2 aromatic carbocycles. The average molecular weight is 298 g/mol. The van der Waals surface area contributed by atoms with E-state index in [4.69, 9.17) is 17.5 Å². The largest absolute Gasteiger partial charge is 0.332 e. The molecule has 0 heterocycles. The number of hydrogen-bond acceptors (Lipinski definition) is 4. The zero-order chi connectivity index (χ0) is 15.2. The van der Waals surface area contributed by atoms with E-state index in [9.17, 15) is 10.1 Å². The Morgan fingerprint density at radius 3 is 1.95 bits per heavy atom. The van der Waals surface area contributed by atoms with Crippen molar-refractivity contribution in [2.75, 3.05) is 10.6 Å². The Morgan fingerprint density at radius 1 is 1.05 bits per heavy atom. The minimum absolute atomic E-state index is 0.0199. The number of anilines is 2. The molecule has 0 amide bonds. The van der Waals surface area contributed by atoms with Gasteiger partial charge in [-0.25, -0.2) is 0 Å². The van der Waals surface area contributed by atoms with Gasteiger partial charge in [-0.05, 0) is 48.6 Å². The van der Waals surface area contributed by atoms with E-state index in [0.717, 1.165) is 5.69 Å². The Hall–Kier alpha value is -2.98. The summed E-state index contributed by atoms with van der Waals surface area (Å²) in [6.45, 7) is 0. The standard InChI is InChI=1S/C14H10N4O2S/c15-9-10-1-3-11(4-2-10)16-14(21)17-12-5-7-13(8-6-12)18(19)20/h1-8H,(H2,16,17,21). The number of non-ortho nitro benzene ring substituents is 1. The Morgan fingerprint density at radius 2 is 1.52 bits per heavy atom. The van der Waals surface area contributed by atoms with Crippen LogP contribution in [0.4, 0.5) is 17.1 Å². The van der Waals surface area contributed by atoms with Crippen LogP contribution in [-0.4, -0.2) is 10.0 Å². The highest BCUT2D eigenvalue weighted by Gasteiger charge is 2.05. The van der Waals surface area contributed by atoms with E-state index in [1.165, 1.54) is 12.1 Å². The molecule has 0 saturated heterocycles. The van der Waals surface area contributed by atoms with Crippen molar-refractivity contribution in [3.05, 3.63) is 64.2 Å². The van der Waals surface area contributed by atoms with Gasteiger partial charge in [0.1, 0.15) is 0 Å². The van der Waals surface area contributed by atoms with Crippen LogP contribution in [0.3, 0.4) is 0 Å². The quantitative estimate of drug-likeness (QED) is 0.513. The molecule has 0 spiro atoms. The lowest BCUT2D eigenvalue weighted by Crippen LogP contribution is -2.18. The fraction of sp³-hybridized carbons (Fsp3) is 0. The van der Waals surface area contributed by atoms with Crippen LogP contribution >= 0.6 is 12.2 Å². The number of nitrogens with zero attached hydrogens (tertiary/aromatic N) is 2. The van der Waals surface area contributed by atoms with Crippen LogP contribution in [0.25, 0.3) is 0 Å². The normalized spacial score (nSPS) is 9.48. The third kappa shape index (κ3) is 3.99. The van der Waals surface area contributed by atoms with Crippen molar-refractivity contribution in [3.63, 3.8) is 0 Å². The molecular weight excluding hydrogens is 288 g/mol. The molecule has 104 valence electrons. The van der Waals surface area contributed by atoms with Crippen LogP contribution in [0.5, 0.6) is 0 Å². The van der Waals surface area contributed by atoms with Gasteiger partial charge in [0.25, 0.3) is 5.69 Å². The second kappa shape index (κ2) is 6.45. The molecule has 0 bridgehead atoms. The van der Waals surface area contributed by atoms with E-state index in [1.54, 1.807) is 36.4 Å². The van der Waals surface area contributed by atoms with Gasteiger partial charge in [-0.15, -0.1) is 0 Å². The third-order valence-corrected chi connectivity index (χ3v) is 2.81. The number of benzene rings is 2. The smallest absolute Gasteiger partial charge is 0.269 e. The molecule has 0 radical (unpaired) electrons. The summed E-state index contributed by atoms with van der Waals surface area (Å²) in [6.07, 6.45) is 0. The monoisotopic (exact) mass is 298 g/mol. The van der Waals surface area contributed by atoms with Crippen LogP contribution < -0.4 is 10.6 Å². The van der Waals surface area contributed by atoms with E-state index in [-0.39, 0.29) is 5.69 Å². The fourth-order valence-electron chi connectivity index (χ4n) is 1.59. The maximum atomic E-state index is 10.6. The molecule has 21 heavy (non-hydrogen) atoms. The second-order valence-corrected chi connectivity index (χ2v) is 4.48. The topological polar surface area (TPSA) is 91.0 Å². The molecule has 0 aliphatic heterocycles. The van der Waals surface area contributed by atoms with Gasteiger partial charge in [-0.1, -0.05) is 0 Å². The van der Waals surface area contributed by atoms with Crippen molar-refractivity contribution in [2.45, 2.75) is 0 Å². The molecule has 0 saturated carbocycles. The van der Waals surface area contributed by atoms with Crippen molar-refractivity contribution < 1.29 is 4.92 Å². The van der Waals surface area contributed by atoms with Crippen molar-refractivity contribution in [3.8, 4) is 6.07 Å². The van der Waals surface area contributed by atoms with Crippen LogP contribution in [0.15, 0.2) is 48.5 Å². The predicted octanol–water partition coefficient (Wildman–Crippen LogP) is 3.28. The molecule has 0 aromatic heterocycles. The molecule has 2 rings (SSSR count). The van der Waals surface area contributed by atoms with Gasteiger partial charge in [0, 0.05) is 23.5 Å². The molecule has 0 aliphatic carbocycles. The molecule has 0 atom stereocenters. The maximum absolute atomic E-state index is 10.6. The lowest BCUT2D eigenvalue weighted by molar-refractivity contribution is -0.384. The molecule has 0 fully saturated rings. The van der Waals surface area contributed by atoms with Crippen molar-refractivity contribution in [2.24, 2.45) is 0 Å². The van der Waals surface area contributed by atoms with E-state index in [1.807, 2.05) is 6.07 Å². The first kappa shape index (κ1) is 14.4. The molecule has 6 nitrogen and oxygen atoms in total. The zero-order valence-corrected chi connectivity index (χ0v) is 11.6. The Kier molecular flexibility index (Phi) is 4.43. The summed E-state index contributed by atoms with van der Waals surface area (Å²) < 4.78 is 0. The Bertz CT molecular complexity index is 705. The summed E-state index contributed by atoms with van der Waals surface area (Å²) in [5, 5.41) is 25.5. The minimum atomic E-state index is -0.461. The number of hydrogen-bond donors (Lipinski definition) is 2. The maximum Gasteiger partial charge on any atom is 0.269 e. The molecule has 7 heteroatoms. The Balaban J connectivity index is 1.97. The number of thiocarbonyl (C=S) groups is 1. The fourth-order valence-corrected chi connectivity index (χ4v) is 1.82. The van der Waals surface area contributed by atoms with Gasteiger partial charge < -0.3 is 10.6 Å². The minimum Gasteiger partial charge on any atom is -0.332 e. The van der Waals surface area contributed by atoms with Gasteiger partial charge in [-0.2, -0.15) is 5.26 Å². The van der Waals surface area contributed by atoms with Gasteiger partial charge in [-0.3, -0.25) is 10.1 Å². The number of nitriles is 1. The summed E-state index contributed by atoms with van der Waals surface area (Å²) in [6, 6.07) is 14.8. The van der Waals surface area contributed by atoms with Crippen LogP contribution in [0.1, 0.15) is 5.56 Å². The number of nitrogens with one attached hydrogen (secondary N) is 2. The van der Waals surface area contributed by atoms with Crippen LogP contribution in [0, 0.1) is 21.4 Å². The zero-order valence-electron chi connectivity index (χ0n) is 10.7. The van der Waals surface area contributed by atoms with Crippen molar-refractivity contribution >= 4 is 34.4 Å². The van der Waals surface area contributed by atoms with Crippen molar-refractivity contribution in [1.82, 2.24) is 0 Å². The van der Waals surface area contributed by atoms with Crippen molar-refractivity contribution in [1.29, 1.82) is 5.26 Å².